The number of allylic oxidation sites excluding steroid dienone is 1. The molecule has 4 aromatic carbocycles. The third kappa shape index (κ3) is 10.3. The van der Waals surface area contributed by atoms with Crippen molar-refractivity contribution in [3.8, 4) is 11.1 Å². The first kappa shape index (κ1) is 36.0. The maximum Gasteiger partial charge on any atom is 4.00 e. The normalized spacial score (nSPS) is 15.4. The topological polar surface area (TPSA) is 35.9 Å². The van der Waals surface area contributed by atoms with Gasteiger partial charge in [-0.2, -0.15) is 39.7 Å². The number of rotatable bonds is 9. The number of hydrogen-bond acceptors (Lipinski definition) is 4. The Morgan fingerprint density at radius 3 is 1.84 bits per heavy atom. The number of alkyl halides is 6. The van der Waals surface area contributed by atoms with Crippen LogP contribution in [0.2, 0.25) is 0 Å². The predicted molar refractivity (Wildman–Crippen MR) is 212 cm³/mol. The van der Waals surface area contributed by atoms with Crippen molar-refractivity contribution >= 4 is 33.2 Å². The van der Waals surface area contributed by atoms with E-state index in [-0.39, 0.29) is 54.7 Å². The molecule has 0 aliphatic carbocycles. The van der Waals surface area contributed by atoms with Crippen LogP contribution < -0.4 is 15.2 Å². The van der Waals surface area contributed by atoms with E-state index < -0.39 is 37.4 Å². The van der Waals surface area contributed by atoms with Gasteiger partial charge in [-0.25, -0.2) is 0 Å². The average Bonchev–Trinajstić information content (AvgIpc) is 3.80. The van der Waals surface area contributed by atoms with Gasteiger partial charge in [-0.1, -0.05) is 84.0 Å². The average molecular weight is 961 g/mol. The number of anilines is 2. The number of halogens is 6. The maximum absolute atomic E-state index is 12.7. The van der Waals surface area contributed by atoms with Gasteiger partial charge in [0, 0.05) is 8.22 Å². The van der Waals surface area contributed by atoms with Crippen molar-refractivity contribution in [1.29, 1.82) is 0 Å². The second kappa shape index (κ2) is 17.8. The molecule has 300 valence electrons. The molecule has 0 fully saturated rings. The van der Waals surface area contributed by atoms with Crippen LogP contribution in [0.1, 0.15) is 102 Å². The van der Waals surface area contributed by atoms with Crippen LogP contribution in [-0.4, -0.2) is 23.8 Å². The van der Waals surface area contributed by atoms with Crippen molar-refractivity contribution in [3.63, 3.8) is 0 Å². The first-order valence-corrected chi connectivity index (χ1v) is 17.7. The summed E-state index contributed by atoms with van der Waals surface area (Å²) in [6, 6.07) is 17.5. The SMILES string of the molecule is FC(F)(F)c1ccc2[n-]c3ccc(C(F)(F)F)cc3c2c1.[2H]C([2H])([2H])N1C=CN(c2[c-]c(N[CH-]N(/C=C\C)C([2H])([2H])[2H])cc(-c3c(C(C)C)cc(C(C)C)cc3C(C)C)c2)[CH-]1.[Pt+4]. The number of nitrogens with one attached hydrogen (secondary N) is 1. The predicted octanol–water partition coefficient (Wildman–Crippen LogP) is 12.8. The van der Waals surface area contributed by atoms with Gasteiger partial charge in [0.25, 0.3) is 0 Å². The minimum absolute atomic E-state index is 0. The number of aromatic nitrogens is 1. The van der Waals surface area contributed by atoms with E-state index in [0.717, 1.165) is 52.4 Å². The van der Waals surface area contributed by atoms with E-state index in [1.807, 2.05) is 12.1 Å². The number of fused-ring (bicyclic) bond motifs is 3. The van der Waals surface area contributed by atoms with Crippen molar-refractivity contribution in [2.45, 2.75) is 78.6 Å². The molecule has 0 atom stereocenters. The van der Waals surface area contributed by atoms with E-state index in [1.54, 1.807) is 24.1 Å². The molecule has 12 heteroatoms. The Balaban J connectivity index is 0.000000321. The summed E-state index contributed by atoms with van der Waals surface area (Å²) in [7, 11) is 0. The molecule has 2 heterocycles. The van der Waals surface area contributed by atoms with E-state index >= 15 is 0 Å². The Morgan fingerprint density at radius 2 is 1.39 bits per heavy atom. The Hall–Kier alpha value is -4.37. The summed E-state index contributed by atoms with van der Waals surface area (Å²) < 4.78 is 123. The second-order valence-electron chi connectivity index (χ2n) is 14.2. The summed E-state index contributed by atoms with van der Waals surface area (Å²) in [6.07, 6.45) is -2.79. The molecule has 1 N–H and O–H groups in total. The fraction of sp³-hybridized carbons (Fsp3) is 0.318. The van der Waals surface area contributed by atoms with Crippen molar-refractivity contribution in [2.24, 2.45) is 0 Å². The van der Waals surface area contributed by atoms with Gasteiger partial charge in [0.2, 0.25) is 0 Å². The summed E-state index contributed by atoms with van der Waals surface area (Å²) in [5.74, 6) is 0.891. The van der Waals surface area contributed by atoms with Crippen LogP contribution >= 0.6 is 0 Å². The number of nitrogens with zero attached hydrogens (tertiary/aromatic N) is 4. The van der Waals surface area contributed by atoms with Crippen LogP contribution in [0, 0.1) is 19.4 Å². The Morgan fingerprint density at radius 1 is 0.821 bits per heavy atom. The molecule has 6 rings (SSSR count). The van der Waals surface area contributed by atoms with E-state index in [9.17, 15) is 26.3 Å². The molecule has 0 bridgehead atoms. The molecule has 0 unspecified atom stereocenters. The van der Waals surface area contributed by atoms with Crippen molar-refractivity contribution in [2.75, 3.05) is 24.2 Å². The van der Waals surface area contributed by atoms with Gasteiger partial charge in [-0.05, 0) is 102 Å². The molecule has 1 aliphatic heterocycles. The van der Waals surface area contributed by atoms with Gasteiger partial charge in [0.05, 0.1) is 11.1 Å². The Bertz CT molecular complexity index is 2300. The van der Waals surface area contributed by atoms with Crippen LogP contribution in [0.15, 0.2) is 85.3 Å². The smallest absolute Gasteiger partial charge is 0.657 e. The molecule has 0 saturated carbocycles. The third-order valence-corrected chi connectivity index (χ3v) is 9.04. The van der Waals surface area contributed by atoms with Gasteiger partial charge in [-0.15, -0.1) is 46.2 Å². The van der Waals surface area contributed by atoms with Crippen LogP contribution in [0.4, 0.5) is 37.7 Å². The Labute approximate surface area is 349 Å². The molecule has 0 radical (unpaired) electrons. The molecule has 0 amide bonds. The van der Waals surface area contributed by atoms with E-state index in [4.69, 9.17) is 8.22 Å². The monoisotopic (exact) mass is 960 g/mol. The zero-order valence-electron chi connectivity index (χ0n) is 37.8. The quantitative estimate of drug-likeness (QED) is 0.118. The van der Waals surface area contributed by atoms with E-state index in [1.165, 1.54) is 47.3 Å². The van der Waals surface area contributed by atoms with Crippen molar-refractivity contribution < 1.29 is 55.6 Å². The molecule has 0 spiro atoms. The minimum atomic E-state index is -4.56. The number of benzene rings is 4. The largest absolute Gasteiger partial charge is 4.00 e. The summed E-state index contributed by atoms with van der Waals surface area (Å²) in [5.41, 5.74) is 5.62. The molecule has 1 aromatic heterocycles. The van der Waals surface area contributed by atoms with Gasteiger partial charge in [-0.3, -0.25) is 0 Å². The first-order valence-electron chi connectivity index (χ1n) is 20.7. The van der Waals surface area contributed by atoms with Gasteiger partial charge < -0.3 is 25.0 Å². The molecule has 0 saturated heterocycles. The van der Waals surface area contributed by atoms with Crippen molar-refractivity contribution in [3.05, 3.63) is 133 Å². The fourth-order valence-corrected chi connectivity index (χ4v) is 6.23. The third-order valence-electron chi connectivity index (χ3n) is 9.04. The summed E-state index contributed by atoms with van der Waals surface area (Å²) in [6.45, 7) is 13.1. The van der Waals surface area contributed by atoms with Crippen LogP contribution in [0.5, 0.6) is 0 Å². The minimum Gasteiger partial charge on any atom is -0.657 e. The fourth-order valence-electron chi connectivity index (χ4n) is 6.23. The molecule has 5 nitrogen and oxygen atoms in total. The zero-order valence-corrected chi connectivity index (χ0v) is 34.1. The van der Waals surface area contributed by atoms with Gasteiger partial charge >= 0.3 is 33.4 Å². The van der Waals surface area contributed by atoms with E-state index in [2.05, 4.69) is 70.0 Å². The molecular weight excluding hydrogens is 908 g/mol. The second-order valence-corrected chi connectivity index (χ2v) is 14.2. The van der Waals surface area contributed by atoms with Gasteiger partial charge in [0.1, 0.15) is 0 Å². The summed E-state index contributed by atoms with van der Waals surface area (Å²) in [5, 5.41) is 3.25. The molecule has 1 aliphatic rings. The molecular formula is C44H47F6N5Pt. The standard InChI is InChI=1S/C30H41N4.C14H6F6N.Pt/c1-10-11-32(8)19-31-26-14-25(15-27(18-26)34-13-12-33(9)20-34)30-28(22(4)5)16-24(21(2)3)17-29(30)23(6)7;15-13(16,17)7-1-3-11-9(5-7)10-6-8(14(18,19)20)2-4-12(10)21-11;/h10-17,19-23,31H,1-9H3;1-6H;/q-3;-1;+4/b11-10-;;/i8D3,9D3;;. The number of hydrogen-bond donors (Lipinski definition) is 1. The van der Waals surface area contributed by atoms with Crippen molar-refractivity contribution in [1.82, 2.24) is 14.8 Å². The molecule has 56 heavy (non-hydrogen) atoms. The first-order chi connectivity index (χ1) is 28.2. The van der Waals surface area contributed by atoms with E-state index in [0.29, 0.717) is 17.3 Å². The maximum atomic E-state index is 12.7. The van der Waals surface area contributed by atoms with Crippen LogP contribution in [0.25, 0.3) is 32.9 Å². The van der Waals surface area contributed by atoms with Crippen LogP contribution in [0.3, 0.4) is 0 Å². The summed E-state index contributed by atoms with van der Waals surface area (Å²) >= 11 is 0. The zero-order chi connectivity index (χ0) is 45.4. The van der Waals surface area contributed by atoms with Crippen LogP contribution in [-0.2, 0) is 33.4 Å². The summed E-state index contributed by atoms with van der Waals surface area (Å²) in [4.78, 5) is 8.04. The van der Waals surface area contributed by atoms with Gasteiger partial charge in [0.15, 0.2) is 0 Å². The molecule has 5 aromatic rings. The Kier molecular flexibility index (Phi) is 11.5.